The van der Waals surface area contributed by atoms with Gasteiger partial charge in [-0.1, -0.05) is 48.0 Å². The van der Waals surface area contributed by atoms with Gasteiger partial charge in [-0.05, 0) is 38.5 Å². The number of benzene rings is 2. The van der Waals surface area contributed by atoms with Crippen LogP contribution in [0.5, 0.6) is 0 Å². The van der Waals surface area contributed by atoms with Crippen molar-refractivity contribution in [3.05, 3.63) is 65.7 Å². The van der Waals surface area contributed by atoms with Crippen LogP contribution in [-0.2, 0) is 21.2 Å². The molecule has 0 heterocycles. The molecule has 2 aromatic rings. The van der Waals surface area contributed by atoms with E-state index < -0.39 is 9.84 Å². The van der Waals surface area contributed by atoms with E-state index in [1.165, 1.54) is 0 Å². The standard InChI is InChI=1S/C20H25NO3S/c1-16(2)21(15-18-7-5-4-6-8-18)20(22)13-14-25(23,24)19-11-9-17(3)10-12-19/h4-12,16H,13-15H2,1-3H3. The Morgan fingerprint density at radius 3 is 2.16 bits per heavy atom. The maximum atomic E-state index is 12.6. The minimum Gasteiger partial charge on any atom is -0.336 e. The predicted octanol–water partition coefficient (Wildman–Crippen LogP) is 3.60. The maximum absolute atomic E-state index is 12.6. The van der Waals surface area contributed by atoms with Crippen molar-refractivity contribution in [1.29, 1.82) is 0 Å². The number of hydrogen-bond acceptors (Lipinski definition) is 3. The predicted molar refractivity (Wildman–Crippen MR) is 100.0 cm³/mol. The molecule has 0 aliphatic rings. The Hall–Kier alpha value is -2.14. The zero-order valence-corrected chi connectivity index (χ0v) is 15.8. The molecule has 5 heteroatoms. The number of amides is 1. The van der Waals surface area contributed by atoms with Crippen LogP contribution in [0.1, 0.15) is 31.4 Å². The van der Waals surface area contributed by atoms with E-state index in [1.807, 2.05) is 51.1 Å². The molecule has 2 aromatic carbocycles. The first-order chi connectivity index (χ1) is 11.8. The number of rotatable bonds is 7. The molecule has 134 valence electrons. The minimum absolute atomic E-state index is 0.00906. The fourth-order valence-electron chi connectivity index (χ4n) is 2.57. The molecule has 0 aliphatic carbocycles. The van der Waals surface area contributed by atoms with Crippen LogP contribution < -0.4 is 0 Å². The van der Waals surface area contributed by atoms with Gasteiger partial charge in [-0.2, -0.15) is 0 Å². The summed E-state index contributed by atoms with van der Waals surface area (Å²) >= 11 is 0. The third-order valence-electron chi connectivity index (χ3n) is 4.10. The second-order valence-electron chi connectivity index (χ2n) is 6.48. The summed E-state index contributed by atoms with van der Waals surface area (Å²) in [5.74, 6) is -0.318. The number of carbonyl (C=O) groups is 1. The van der Waals surface area contributed by atoms with Gasteiger partial charge >= 0.3 is 0 Å². The Morgan fingerprint density at radius 1 is 1.00 bits per heavy atom. The molecule has 0 aromatic heterocycles. The Labute approximate surface area is 150 Å². The topological polar surface area (TPSA) is 54.5 Å². The van der Waals surface area contributed by atoms with Gasteiger partial charge in [0.1, 0.15) is 0 Å². The molecule has 1 amide bonds. The van der Waals surface area contributed by atoms with Crippen molar-refractivity contribution in [2.75, 3.05) is 5.75 Å². The number of aryl methyl sites for hydroxylation is 1. The zero-order valence-electron chi connectivity index (χ0n) is 15.0. The highest BCUT2D eigenvalue weighted by atomic mass is 32.2. The first-order valence-electron chi connectivity index (χ1n) is 8.42. The van der Waals surface area contributed by atoms with Gasteiger partial charge in [0, 0.05) is 19.0 Å². The number of carbonyl (C=O) groups excluding carboxylic acids is 1. The first-order valence-corrected chi connectivity index (χ1v) is 10.1. The third kappa shape index (κ3) is 5.43. The fraction of sp³-hybridized carbons (Fsp3) is 0.350. The third-order valence-corrected chi connectivity index (χ3v) is 5.84. The summed E-state index contributed by atoms with van der Waals surface area (Å²) in [5, 5.41) is 0. The van der Waals surface area contributed by atoms with E-state index in [1.54, 1.807) is 29.2 Å². The molecule has 4 nitrogen and oxygen atoms in total. The molecule has 0 fully saturated rings. The molecule has 0 saturated carbocycles. The average Bonchev–Trinajstić information content (AvgIpc) is 2.59. The van der Waals surface area contributed by atoms with Crippen LogP contribution in [0.3, 0.4) is 0 Å². The Bertz CT molecular complexity index is 797. The van der Waals surface area contributed by atoms with Crippen molar-refractivity contribution in [2.24, 2.45) is 0 Å². The monoisotopic (exact) mass is 359 g/mol. The van der Waals surface area contributed by atoms with Crippen LogP contribution in [0.15, 0.2) is 59.5 Å². The van der Waals surface area contributed by atoms with Crippen molar-refractivity contribution in [3.63, 3.8) is 0 Å². The van der Waals surface area contributed by atoms with Crippen LogP contribution in [-0.4, -0.2) is 31.0 Å². The molecule has 0 bridgehead atoms. The molecular weight excluding hydrogens is 334 g/mol. The highest BCUT2D eigenvalue weighted by Crippen LogP contribution is 2.15. The molecule has 0 unspecified atom stereocenters. The first kappa shape index (κ1) is 19.2. The Morgan fingerprint density at radius 2 is 1.60 bits per heavy atom. The van der Waals surface area contributed by atoms with E-state index in [4.69, 9.17) is 0 Å². The molecule has 2 rings (SSSR count). The maximum Gasteiger partial charge on any atom is 0.224 e. The summed E-state index contributed by atoms with van der Waals surface area (Å²) in [6.45, 7) is 6.27. The van der Waals surface area contributed by atoms with E-state index in [0.29, 0.717) is 6.54 Å². The Kier molecular flexibility index (Phi) is 6.37. The molecule has 0 spiro atoms. The van der Waals surface area contributed by atoms with Gasteiger partial charge < -0.3 is 4.90 Å². The second-order valence-corrected chi connectivity index (χ2v) is 8.59. The molecule has 0 radical (unpaired) electrons. The van der Waals surface area contributed by atoms with E-state index in [0.717, 1.165) is 11.1 Å². The van der Waals surface area contributed by atoms with Gasteiger partial charge in [0.25, 0.3) is 0 Å². The van der Waals surface area contributed by atoms with Gasteiger partial charge in [0.2, 0.25) is 5.91 Å². The molecule has 25 heavy (non-hydrogen) atoms. The van der Waals surface area contributed by atoms with Crippen LogP contribution >= 0.6 is 0 Å². The van der Waals surface area contributed by atoms with Crippen molar-refractivity contribution < 1.29 is 13.2 Å². The lowest BCUT2D eigenvalue weighted by atomic mass is 10.2. The Balaban J connectivity index is 2.04. The average molecular weight is 359 g/mol. The summed E-state index contributed by atoms with van der Waals surface area (Å²) < 4.78 is 24.9. The number of nitrogens with zero attached hydrogens (tertiary/aromatic N) is 1. The quantitative estimate of drug-likeness (QED) is 0.759. The summed E-state index contributed by atoms with van der Waals surface area (Å²) in [6, 6.07) is 16.5. The van der Waals surface area contributed by atoms with Gasteiger partial charge in [0.15, 0.2) is 9.84 Å². The van der Waals surface area contributed by atoms with Gasteiger partial charge in [0.05, 0.1) is 10.6 Å². The summed E-state index contributed by atoms with van der Waals surface area (Å²) in [6.07, 6.45) is -0.0127. The minimum atomic E-state index is -3.45. The zero-order chi connectivity index (χ0) is 18.4. The molecule has 0 atom stereocenters. The SMILES string of the molecule is Cc1ccc(S(=O)(=O)CCC(=O)N(Cc2ccccc2)C(C)C)cc1. The van der Waals surface area contributed by atoms with Crippen LogP contribution in [0, 0.1) is 6.92 Å². The fourth-order valence-corrected chi connectivity index (χ4v) is 3.80. The second kappa shape index (κ2) is 8.30. The lowest BCUT2D eigenvalue weighted by Crippen LogP contribution is -2.37. The molecule has 0 aliphatic heterocycles. The van der Waals surface area contributed by atoms with E-state index >= 15 is 0 Å². The van der Waals surface area contributed by atoms with Crippen molar-refractivity contribution >= 4 is 15.7 Å². The van der Waals surface area contributed by atoms with Gasteiger partial charge in [-0.15, -0.1) is 0 Å². The lowest BCUT2D eigenvalue weighted by molar-refractivity contribution is -0.133. The lowest BCUT2D eigenvalue weighted by Gasteiger charge is -2.27. The summed E-state index contributed by atoms with van der Waals surface area (Å²) in [7, 11) is -3.45. The highest BCUT2D eigenvalue weighted by molar-refractivity contribution is 7.91. The molecule has 0 saturated heterocycles. The van der Waals surface area contributed by atoms with Crippen molar-refractivity contribution in [2.45, 2.75) is 44.7 Å². The smallest absolute Gasteiger partial charge is 0.224 e. The normalized spacial score (nSPS) is 11.5. The number of hydrogen-bond donors (Lipinski definition) is 0. The van der Waals surface area contributed by atoms with Crippen LogP contribution in [0.4, 0.5) is 0 Å². The highest BCUT2D eigenvalue weighted by Gasteiger charge is 2.21. The van der Waals surface area contributed by atoms with Gasteiger partial charge in [-0.3, -0.25) is 4.79 Å². The van der Waals surface area contributed by atoms with Crippen LogP contribution in [0.2, 0.25) is 0 Å². The van der Waals surface area contributed by atoms with E-state index in [9.17, 15) is 13.2 Å². The van der Waals surface area contributed by atoms with Crippen LogP contribution in [0.25, 0.3) is 0 Å². The molecule has 0 N–H and O–H groups in total. The molecular formula is C20H25NO3S. The van der Waals surface area contributed by atoms with Crippen molar-refractivity contribution in [3.8, 4) is 0 Å². The van der Waals surface area contributed by atoms with E-state index in [2.05, 4.69) is 0 Å². The number of sulfone groups is 1. The van der Waals surface area contributed by atoms with Gasteiger partial charge in [-0.25, -0.2) is 8.42 Å². The van der Waals surface area contributed by atoms with E-state index in [-0.39, 0.29) is 29.0 Å². The summed E-state index contributed by atoms with van der Waals surface area (Å²) in [5.41, 5.74) is 2.04. The largest absolute Gasteiger partial charge is 0.336 e. The van der Waals surface area contributed by atoms with Crippen molar-refractivity contribution in [1.82, 2.24) is 4.90 Å². The summed E-state index contributed by atoms with van der Waals surface area (Å²) in [4.78, 5) is 14.6.